The lowest BCUT2D eigenvalue weighted by Gasteiger charge is -2.19. The Morgan fingerprint density at radius 2 is 2.15 bits per heavy atom. The number of aromatic nitrogens is 2. The largest absolute Gasteiger partial charge is 0.354 e. The molecule has 0 saturated heterocycles. The van der Waals surface area contributed by atoms with Crippen LogP contribution in [0.1, 0.15) is 39.7 Å². The third-order valence-corrected chi connectivity index (χ3v) is 3.83. The fraction of sp³-hybridized carbons (Fsp3) is 0.714. The Labute approximate surface area is 129 Å². The molecule has 0 fully saturated rings. The smallest absolute Gasteiger partial charge is 0.244 e. The molecule has 20 heavy (non-hydrogen) atoms. The van der Waals surface area contributed by atoms with E-state index in [4.69, 9.17) is 0 Å². The SMILES string of the molecule is CCC(C(=O)NCCCN(CC)CC)n1cc(Br)cn1. The lowest BCUT2D eigenvalue weighted by atomic mass is 10.2. The number of rotatable bonds is 9. The maximum absolute atomic E-state index is 12.2. The fourth-order valence-corrected chi connectivity index (χ4v) is 2.45. The van der Waals surface area contributed by atoms with Crippen molar-refractivity contribution in [1.29, 1.82) is 0 Å². The Hall–Kier alpha value is -0.880. The summed E-state index contributed by atoms with van der Waals surface area (Å²) in [7, 11) is 0. The first-order valence-corrected chi connectivity index (χ1v) is 8.11. The number of halogens is 1. The van der Waals surface area contributed by atoms with Crippen LogP contribution in [0.5, 0.6) is 0 Å². The van der Waals surface area contributed by atoms with Gasteiger partial charge in [0.1, 0.15) is 6.04 Å². The molecule has 0 bridgehead atoms. The van der Waals surface area contributed by atoms with Gasteiger partial charge in [0.2, 0.25) is 5.91 Å². The van der Waals surface area contributed by atoms with Crippen LogP contribution in [0.3, 0.4) is 0 Å². The molecule has 1 rings (SSSR count). The number of nitrogens with zero attached hydrogens (tertiary/aromatic N) is 3. The summed E-state index contributed by atoms with van der Waals surface area (Å²) in [5, 5.41) is 7.19. The highest BCUT2D eigenvalue weighted by atomic mass is 79.9. The molecule has 1 N–H and O–H groups in total. The van der Waals surface area contributed by atoms with Crippen molar-refractivity contribution in [3.63, 3.8) is 0 Å². The van der Waals surface area contributed by atoms with E-state index in [-0.39, 0.29) is 11.9 Å². The molecule has 1 aromatic heterocycles. The van der Waals surface area contributed by atoms with Crippen LogP contribution in [0.25, 0.3) is 0 Å². The highest BCUT2D eigenvalue weighted by Gasteiger charge is 2.18. The summed E-state index contributed by atoms with van der Waals surface area (Å²) in [5.74, 6) is 0.0441. The van der Waals surface area contributed by atoms with Gasteiger partial charge in [0.25, 0.3) is 0 Å². The molecule has 0 spiro atoms. The molecule has 1 amide bonds. The monoisotopic (exact) mass is 344 g/mol. The molecule has 0 aliphatic carbocycles. The van der Waals surface area contributed by atoms with Crippen molar-refractivity contribution >= 4 is 21.8 Å². The quantitative estimate of drug-likeness (QED) is 0.700. The molecule has 1 heterocycles. The minimum absolute atomic E-state index is 0.0441. The first-order valence-electron chi connectivity index (χ1n) is 7.32. The zero-order valence-corrected chi connectivity index (χ0v) is 14.2. The van der Waals surface area contributed by atoms with Crippen molar-refractivity contribution in [3.05, 3.63) is 16.9 Å². The van der Waals surface area contributed by atoms with Crippen LogP contribution >= 0.6 is 15.9 Å². The van der Waals surface area contributed by atoms with Gasteiger partial charge in [-0.3, -0.25) is 9.48 Å². The maximum atomic E-state index is 12.2. The van der Waals surface area contributed by atoms with E-state index >= 15 is 0 Å². The first-order chi connectivity index (χ1) is 9.62. The molecule has 0 aromatic carbocycles. The lowest BCUT2D eigenvalue weighted by molar-refractivity contribution is -0.124. The van der Waals surface area contributed by atoms with E-state index in [1.54, 1.807) is 10.9 Å². The fourth-order valence-electron chi connectivity index (χ4n) is 2.15. The van der Waals surface area contributed by atoms with Crippen molar-refractivity contribution < 1.29 is 4.79 Å². The number of amides is 1. The van der Waals surface area contributed by atoms with Gasteiger partial charge >= 0.3 is 0 Å². The molecule has 1 unspecified atom stereocenters. The maximum Gasteiger partial charge on any atom is 0.244 e. The van der Waals surface area contributed by atoms with E-state index < -0.39 is 0 Å². The van der Waals surface area contributed by atoms with Gasteiger partial charge in [-0.15, -0.1) is 0 Å². The minimum atomic E-state index is -0.227. The van der Waals surface area contributed by atoms with Crippen molar-refractivity contribution in [2.24, 2.45) is 0 Å². The molecule has 0 saturated carbocycles. The molecule has 0 aliphatic heterocycles. The second-order valence-corrected chi connectivity index (χ2v) is 5.65. The summed E-state index contributed by atoms with van der Waals surface area (Å²) in [5.41, 5.74) is 0. The van der Waals surface area contributed by atoms with Gasteiger partial charge in [0.05, 0.1) is 10.7 Å². The van der Waals surface area contributed by atoms with Gasteiger partial charge in [-0.1, -0.05) is 20.8 Å². The van der Waals surface area contributed by atoms with Gasteiger partial charge in [-0.05, 0) is 48.4 Å². The van der Waals surface area contributed by atoms with E-state index in [1.165, 1.54) is 0 Å². The third kappa shape index (κ3) is 5.25. The Morgan fingerprint density at radius 1 is 1.45 bits per heavy atom. The molecule has 0 aliphatic rings. The van der Waals surface area contributed by atoms with Crippen LogP contribution < -0.4 is 5.32 Å². The number of nitrogens with one attached hydrogen (secondary N) is 1. The van der Waals surface area contributed by atoms with Crippen molar-refractivity contribution in [3.8, 4) is 0 Å². The molecule has 5 nitrogen and oxygen atoms in total. The lowest BCUT2D eigenvalue weighted by Crippen LogP contribution is -2.35. The van der Waals surface area contributed by atoms with Gasteiger partial charge < -0.3 is 10.2 Å². The normalized spacial score (nSPS) is 12.7. The summed E-state index contributed by atoms with van der Waals surface area (Å²) in [6, 6.07) is -0.227. The van der Waals surface area contributed by atoms with E-state index in [1.807, 2.05) is 13.1 Å². The van der Waals surface area contributed by atoms with Crippen molar-refractivity contribution in [2.75, 3.05) is 26.2 Å². The molecule has 1 atom stereocenters. The number of hydrogen-bond donors (Lipinski definition) is 1. The zero-order valence-electron chi connectivity index (χ0n) is 12.6. The van der Waals surface area contributed by atoms with Gasteiger partial charge in [0, 0.05) is 12.7 Å². The number of carbonyl (C=O) groups is 1. The summed E-state index contributed by atoms with van der Waals surface area (Å²) in [6.45, 7) is 10.2. The average molecular weight is 345 g/mol. The Balaban J connectivity index is 2.37. The van der Waals surface area contributed by atoms with E-state index in [0.717, 1.165) is 36.9 Å². The Morgan fingerprint density at radius 3 is 2.65 bits per heavy atom. The van der Waals surface area contributed by atoms with Gasteiger partial charge in [0.15, 0.2) is 0 Å². The highest BCUT2D eigenvalue weighted by molar-refractivity contribution is 9.10. The highest BCUT2D eigenvalue weighted by Crippen LogP contribution is 2.14. The molecular weight excluding hydrogens is 320 g/mol. The number of carbonyl (C=O) groups excluding carboxylic acids is 1. The molecule has 114 valence electrons. The van der Waals surface area contributed by atoms with Crippen molar-refractivity contribution in [1.82, 2.24) is 20.0 Å². The summed E-state index contributed by atoms with van der Waals surface area (Å²) >= 11 is 3.35. The summed E-state index contributed by atoms with van der Waals surface area (Å²) in [6.07, 6.45) is 5.25. The van der Waals surface area contributed by atoms with E-state index in [2.05, 4.69) is 45.1 Å². The molecular formula is C14H25BrN4O. The van der Waals surface area contributed by atoms with Crippen LogP contribution in [0, 0.1) is 0 Å². The van der Waals surface area contributed by atoms with Gasteiger partial charge in [-0.25, -0.2) is 0 Å². The number of hydrogen-bond acceptors (Lipinski definition) is 3. The third-order valence-electron chi connectivity index (χ3n) is 3.42. The van der Waals surface area contributed by atoms with Crippen LogP contribution in [-0.2, 0) is 4.79 Å². The summed E-state index contributed by atoms with van der Waals surface area (Å²) in [4.78, 5) is 14.5. The van der Waals surface area contributed by atoms with Gasteiger partial charge in [-0.2, -0.15) is 5.10 Å². The topological polar surface area (TPSA) is 50.2 Å². The van der Waals surface area contributed by atoms with Crippen LogP contribution in [0.4, 0.5) is 0 Å². The average Bonchev–Trinajstić information content (AvgIpc) is 2.86. The van der Waals surface area contributed by atoms with Crippen LogP contribution in [0.15, 0.2) is 16.9 Å². The zero-order chi connectivity index (χ0) is 15.0. The van der Waals surface area contributed by atoms with E-state index in [9.17, 15) is 4.79 Å². The second kappa shape index (κ2) is 9.13. The second-order valence-electron chi connectivity index (χ2n) is 4.73. The summed E-state index contributed by atoms with van der Waals surface area (Å²) < 4.78 is 2.61. The van der Waals surface area contributed by atoms with E-state index in [0.29, 0.717) is 6.54 Å². The first kappa shape index (κ1) is 17.2. The van der Waals surface area contributed by atoms with Crippen molar-refractivity contribution in [2.45, 2.75) is 39.7 Å². The molecule has 0 radical (unpaired) electrons. The molecule has 6 heteroatoms. The Bertz CT molecular complexity index is 404. The Kier molecular flexibility index (Phi) is 7.84. The molecule has 1 aromatic rings. The van der Waals surface area contributed by atoms with Crippen LogP contribution in [0.2, 0.25) is 0 Å². The predicted molar refractivity (Wildman–Crippen MR) is 84.7 cm³/mol. The predicted octanol–water partition coefficient (Wildman–Crippen LogP) is 2.44. The standard InChI is InChI=1S/C14H25BrN4O/c1-4-13(19-11-12(15)10-17-19)14(20)16-8-7-9-18(5-2)6-3/h10-11,13H,4-9H2,1-3H3,(H,16,20). The minimum Gasteiger partial charge on any atom is -0.354 e. The van der Waals surface area contributed by atoms with Crippen LogP contribution in [-0.4, -0.2) is 46.8 Å².